The quantitative estimate of drug-likeness (QED) is 0.485. The number of carboxylic acid groups (broad SMARTS) is 1. The number of nitrogens with zero attached hydrogens (tertiary/aromatic N) is 2. The monoisotopic (exact) mass is 371 g/mol. The highest BCUT2D eigenvalue weighted by atomic mass is 16.4. The van der Waals surface area contributed by atoms with Crippen LogP contribution in [0.2, 0.25) is 0 Å². The molecule has 0 radical (unpaired) electrons. The summed E-state index contributed by atoms with van der Waals surface area (Å²) in [6.45, 7) is 2.35. The number of nitrogens with two attached hydrogens (primary N) is 1. The van der Waals surface area contributed by atoms with Crippen molar-refractivity contribution in [2.24, 2.45) is 32.9 Å². The molecule has 4 N–H and O–H groups in total. The van der Waals surface area contributed by atoms with Crippen LogP contribution in [-0.2, 0) is 4.79 Å². The molecule has 0 unspecified atom stereocenters. The van der Waals surface area contributed by atoms with Crippen LogP contribution in [0.5, 0.6) is 0 Å². The fourth-order valence-electron chi connectivity index (χ4n) is 8.28. The lowest BCUT2D eigenvalue weighted by molar-refractivity contribution is -0.177. The number of rotatable bonds is 1. The Morgan fingerprint density at radius 1 is 1.37 bits per heavy atom. The first-order valence-corrected chi connectivity index (χ1v) is 10.1. The maximum Gasteiger partial charge on any atom is 0.334 e. The number of allylic oxidation sites excluding steroid dienone is 2. The molecule has 4 bridgehead atoms. The Morgan fingerprint density at radius 3 is 2.81 bits per heavy atom. The first kappa shape index (κ1) is 17.3. The van der Waals surface area contributed by atoms with Crippen LogP contribution in [0.3, 0.4) is 0 Å². The number of aliphatic carboxylic acids is 1. The van der Waals surface area contributed by atoms with Gasteiger partial charge in [0.1, 0.15) is 0 Å². The molecule has 0 saturated heterocycles. The highest BCUT2D eigenvalue weighted by molar-refractivity contribution is 5.90. The lowest BCUT2D eigenvalue weighted by Crippen LogP contribution is -2.68. The number of aliphatic hydroxyl groups is 1. The zero-order valence-electron chi connectivity index (χ0n) is 16.1. The summed E-state index contributed by atoms with van der Waals surface area (Å²) >= 11 is 0. The topological polar surface area (TPSA) is 99.1 Å². The van der Waals surface area contributed by atoms with Gasteiger partial charge in [0.25, 0.3) is 0 Å². The summed E-state index contributed by atoms with van der Waals surface area (Å²) in [6, 6.07) is 0.224. The lowest BCUT2D eigenvalue weighted by Gasteiger charge is -2.69. The summed E-state index contributed by atoms with van der Waals surface area (Å²) in [4.78, 5) is 18.4. The van der Waals surface area contributed by atoms with Crippen LogP contribution in [0, 0.1) is 22.2 Å². The summed E-state index contributed by atoms with van der Waals surface area (Å²) in [6.07, 6.45) is 10.1. The van der Waals surface area contributed by atoms with E-state index in [0.29, 0.717) is 23.9 Å². The largest absolute Gasteiger partial charge is 0.478 e. The van der Waals surface area contributed by atoms with Crippen LogP contribution in [-0.4, -0.2) is 46.2 Å². The van der Waals surface area contributed by atoms with Gasteiger partial charge in [-0.3, -0.25) is 4.99 Å². The van der Waals surface area contributed by atoms with E-state index in [4.69, 9.17) is 5.73 Å². The second-order valence-electron chi connectivity index (χ2n) is 9.50. The van der Waals surface area contributed by atoms with Gasteiger partial charge in [-0.05, 0) is 61.9 Å². The summed E-state index contributed by atoms with van der Waals surface area (Å²) in [5.41, 5.74) is 7.36. The number of carbonyl (C=O) groups is 1. The number of aliphatic hydroxyl groups excluding tert-OH is 1. The minimum Gasteiger partial charge on any atom is -0.478 e. The van der Waals surface area contributed by atoms with Gasteiger partial charge in [0, 0.05) is 30.1 Å². The highest BCUT2D eigenvalue weighted by Crippen LogP contribution is 2.82. The molecule has 0 aromatic rings. The molecule has 0 aromatic heterocycles. The maximum atomic E-state index is 12.1. The Hall–Kier alpha value is -1.82. The third kappa shape index (κ3) is 1.68. The van der Waals surface area contributed by atoms with Gasteiger partial charge in [-0.2, -0.15) is 0 Å². The Bertz CT molecular complexity index is 817. The second-order valence-corrected chi connectivity index (χ2v) is 9.50. The standard InChI is InChI=1S/C21H29N3O3/c1-19-7-4-12-10-13-16(17(26)27)14(25)11-21(13,19)20(12)6-3-9-24(18(22)23-2)15(20)5-8-19/h3,9,12,14-15,25H,4-8,10-11H2,1-2H3,(H2,22,23)(H,26,27)/t12-,14+,15-,19+,20+,21-/m1/s1. The minimum absolute atomic E-state index is 0.0407. The van der Waals surface area contributed by atoms with Crippen LogP contribution < -0.4 is 5.73 Å². The molecule has 0 aromatic carbocycles. The predicted molar refractivity (Wildman–Crippen MR) is 102 cm³/mol. The summed E-state index contributed by atoms with van der Waals surface area (Å²) in [5, 5.41) is 20.7. The van der Waals surface area contributed by atoms with E-state index in [0.717, 1.165) is 44.1 Å². The van der Waals surface area contributed by atoms with Crippen molar-refractivity contribution in [3.8, 4) is 0 Å². The molecule has 6 heteroatoms. The van der Waals surface area contributed by atoms with Gasteiger partial charge >= 0.3 is 5.97 Å². The highest BCUT2D eigenvalue weighted by Gasteiger charge is 2.78. The Kier molecular flexibility index (Phi) is 3.30. The number of hydrogen-bond donors (Lipinski definition) is 3. The van der Waals surface area contributed by atoms with Crippen LogP contribution in [0.15, 0.2) is 28.4 Å². The van der Waals surface area contributed by atoms with Gasteiger partial charge < -0.3 is 20.8 Å². The molecule has 2 spiro atoms. The summed E-state index contributed by atoms with van der Waals surface area (Å²) < 4.78 is 0. The molecule has 3 saturated carbocycles. The van der Waals surface area contributed by atoms with Gasteiger partial charge in [0.2, 0.25) is 0 Å². The molecule has 4 aliphatic carbocycles. The zero-order chi connectivity index (χ0) is 19.2. The number of guanidine groups is 1. The summed E-state index contributed by atoms with van der Waals surface area (Å²) in [7, 11) is 1.72. The Labute approximate surface area is 159 Å². The maximum absolute atomic E-state index is 12.1. The normalized spacial score (nSPS) is 47.9. The molecule has 6 atom stereocenters. The minimum atomic E-state index is -0.936. The molecule has 5 rings (SSSR count). The molecule has 1 heterocycles. The van der Waals surface area contributed by atoms with Gasteiger partial charge in [-0.25, -0.2) is 4.79 Å². The molecule has 146 valence electrons. The molecule has 1 aliphatic heterocycles. The van der Waals surface area contributed by atoms with Crippen molar-refractivity contribution in [2.75, 3.05) is 7.05 Å². The van der Waals surface area contributed by atoms with E-state index in [9.17, 15) is 15.0 Å². The first-order valence-electron chi connectivity index (χ1n) is 10.1. The molecule has 3 fully saturated rings. The van der Waals surface area contributed by atoms with Crippen molar-refractivity contribution in [3.63, 3.8) is 0 Å². The fraction of sp³-hybridized carbons (Fsp3) is 0.714. The number of carboxylic acids is 1. The van der Waals surface area contributed by atoms with E-state index in [1.165, 1.54) is 0 Å². The first-order chi connectivity index (χ1) is 12.8. The summed E-state index contributed by atoms with van der Waals surface area (Å²) in [5.74, 6) is 0.0436. The predicted octanol–water partition coefficient (Wildman–Crippen LogP) is 2.25. The van der Waals surface area contributed by atoms with E-state index in [1.807, 2.05) is 0 Å². The van der Waals surface area contributed by atoms with Crippen molar-refractivity contribution < 1.29 is 15.0 Å². The number of hydrogen-bond acceptors (Lipinski definition) is 3. The van der Waals surface area contributed by atoms with Crippen molar-refractivity contribution in [2.45, 2.75) is 64.0 Å². The van der Waals surface area contributed by atoms with E-state index in [2.05, 4.69) is 29.1 Å². The third-order valence-electron chi connectivity index (χ3n) is 9.07. The van der Waals surface area contributed by atoms with Crippen molar-refractivity contribution in [1.82, 2.24) is 4.90 Å². The lowest BCUT2D eigenvalue weighted by atomic mass is 9.37. The Morgan fingerprint density at radius 2 is 2.11 bits per heavy atom. The van der Waals surface area contributed by atoms with Gasteiger partial charge in [0.05, 0.1) is 11.7 Å². The van der Waals surface area contributed by atoms with Gasteiger partial charge in [-0.15, -0.1) is 0 Å². The second kappa shape index (κ2) is 5.16. The van der Waals surface area contributed by atoms with Crippen molar-refractivity contribution in [3.05, 3.63) is 23.4 Å². The third-order valence-corrected chi connectivity index (χ3v) is 9.07. The van der Waals surface area contributed by atoms with Crippen LogP contribution in [0.25, 0.3) is 0 Å². The van der Waals surface area contributed by atoms with E-state index in [1.54, 1.807) is 7.05 Å². The van der Waals surface area contributed by atoms with E-state index >= 15 is 0 Å². The van der Waals surface area contributed by atoms with Crippen LogP contribution in [0.4, 0.5) is 0 Å². The number of aliphatic imine (C=N–C) groups is 1. The fourth-order valence-corrected chi connectivity index (χ4v) is 8.28. The van der Waals surface area contributed by atoms with Gasteiger partial charge in [-0.1, -0.05) is 13.0 Å². The smallest absolute Gasteiger partial charge is 0.334 e. The Balaban J connectivity index is 1.78. The molecule has 6 nitrogen and oxygen atoms in total. The molecular formula is C21H29N3O3. The molecular weight excluding hydrogens is 342 g/mol. The van der Waals surface area contributed by atoms with Crippen LogP contribution >= 0.6 is 0 Å². The average molecular weight is 371 g/mol. The molecule has 0 amide bonds. The van der Waals surface area contributed by atoms with E-state index < -0.39 is 12.1 Å². The molecule has 27 heavy (non-hydrogen) atoms. The van der Waals surface area contributed by atoms with Crippen molar-refractivity contribution in [1.29, 1.82) is 0 Å². The van der Waals surface area contributed by atoms with Crippen LogP contribution in [0.1, 0.15) is 51.9 Å². The van der Waals surface area contributed by atoms with E-state index in [-0.39, 0.29) is 22.3 Å². The SMILES string of the molecule is CN=C(N)N1C=CC[C@]23[C@@H]4CC[C@@](C)(CC[C@@H]12)[C@]31C[C@H](O)C(C(=O)O)=C1C4. The molecule has 5 aliphatic rings. The average Bonchev–Trinajstić information content (AvgIpc) is 3.02. The zero-order valence-corrected chi connectivity index (χ0v) is 16.1. The van der Waals surface area contributed by atoms with Crippen molar-refractivity contribution >= 4 is 11.9 Å². The van der Waals surface area contributed by atoms with Gasteiger partial charge in [0.15, 0.2) is 5.96 Å².